The molecule has 0 saturated carbocycles. The maximum absolute atomic E-state index is 12.3. The number of carbonyl (C=O) groups excluding carboxylic acids is 2. The highest BCUT2D eigenvalue weighted by Crippen LogP contribution is 2.25. The van der Waals surface area contributed by atoms with Crippen molar-refractivity contribution in [3.8, 4) is 29.4 Å². The number of nitrogens with one attached hydrogen (secondary N) is 2. The molecule has 1 heterocycles. The summed E-state index contributed by atoms with van der Waals surface area (Å²) in [5.41, 5.74) is 0.738. The number of carbonyl (C=O) groups is 2. The summed E-state index contributed by atoms with van der Waals surface area (Å²) in [6, 6.07) is 9.16. The van der Waals surface area contributed by atoms with Crippen LogP contribution in [-0.4, -0.2) is 42.7 Å². The van der Waals surface area contributed by atoms with Gasteiger partial charge in [0.2, 0.25) is 5.91 Å². The van der Waals surface area contributed by atoms with Crippen molar-refractivity contribution in [1.29, 1.82) is 0 Å². The Morgan fingerprint density at radius 2 is 2.12 bits per heavy atom. The van der Waals surface area contributed by atoms with E-state index in [0.717, 1.165) is 5.56 Å². The summed E-state index contributed by atoms with van der Waals surface area (Å²) in [7, 11) is 1.56. The number of ether oxygens (including phenoxy) is 1. The van der Waals surface area contributed by atoms with E-state index in [1.165, 1.54) is 13.0 Å². The van der Waals surface area contributed by atoms with Crippen LogP contribution in [0.2, 0.25) is 0 Å². The van der Waals surface area contributed by atoms with Gasteiger partial charge in [-0.15, -0.1) is 6.42 Å². The van der Waals surface area contributed by atoms with Crippen LogP contribution in [0, 0.1) is 12.3 Å². The van der Waals surface area contributed by atoms with Gasteiger partial charge in [0.05, 0.1) is 19.8 Å². The molecule has 136 valence electrons. The van der Waals surface area contributed by atoms with Gasteiger partial charge in [-0.2, -0.15) is 0 Å². The second-order valence-corrected chi connectivity index (χ2v) is 5.51. The van der Waals surface area contributed by atoms with E-state index in [0.29, 0.717) is 11.5 Å². The zero-order valence-electron chi connectivity index (χ0n) is 14.5. The summed E-state index contributed by atoms with van der Waals surface area (Å²) in [5, 5.41) is 14.6. The monoisotopic (exact) mass is 356 g/mol. The highest BCUT2D eigenvalue weighted by atomic mass is 16.5. The zero-order valence-corrected chi connectivity index (χ0v) is 14.5. The molecule has 0 aliphatic carbocycles. The van der Waals surface area contributed by atoms with Crippen LogP contribution < -0.4 is 15.4 Å². The van der Waals surface area contributed by atoms with Gasteiger partial charge in [0.15, 0.2) is 5.76 Å². The molecule has 2 aromatic rings. The minimum Gasteiger partial charge on any atom is -0.497 e. The molecular weight excluding hydrogens is 336 g/mol. The Balaban J connectivity index is 2.13. The maximum Gasteiger partial charge on any atom is 0.287 e. The van der Waals surface area contributed by atoms with Gasteiger partial charge >= 0.3 is 0 Å². The van der Waals surface area contributed by atoms with Crippen LogP contribution in [0.5, 0.6) is 5.75 Å². The molecule has 1 aromatic heterocycles. The number of terminal acetylenes is 1. The topological polar surface area (TPSA) is 101 Å². The first-order valence-electron chi connectivity index (χ1n) is 7.90. The SMILES string of the molecule is C#CCNC(=O)[C@@H](NC(=O)c1ccc(-c2cccc(OC)c2)o1)[C@@H](C)O. The Morgan fingerprint density at radius 1 is 1.35 bits per heavy atom. The minimum absolute atomic E-state index is 0.00133. The van der Waals surface area contributed by atoms with E-state index in [2.05, 4.69) is 16.6 Å². The Morgan fingerprint density at radius 3 is 2.77 bits per heavy atom. The first kappa shape index (κ1) is 19.1. The number of aliphatic hydroxyl groups excluding tert-OH is 1. The summed E-state index contributed by atoms with van der Waals surface area (Å²) >= 11 is 0. The van der Waals surface area contributed by atoms with Gasteiger partial charge in [-0.25, -0.2) is 0 Å². The number of furan rings is 1. The van der Waals surface area contributed by atoms with E-state index >= 15 is 0 Å². The quantitative estimate of drug-likeness (QED) is 0.647. The third-order valence-electron chi connectivity index (χ3n) is 3.60. The van der Waals surface area contributed by atoms with E-state index in [1.807, 2.05) is 6.07 Å². The number of benzene rings is 1. The number of amides is 2. The van der Waals surface area contributed by atoms with E-state index in [1.54, 1.807) is 31.4 Å². The number of hydrogen-bond donors (Lipinski definition) is 3. The summed E-state index contributed by atoms with van der Waals surface area (Å²) in [4.78, 5) is 24.3. The number of rotatable bonds is 7. The van der Waals surface area contributed by atoms with Crippen LogP contribution in [-0.2, 0) is 4.79 Å². The van der Waals surface area contributed by atoms with Crippen molar-refractivity contribution < 1.29 is 23.8 Å². The van der Waals surface area contributed by atoms with Crippen LogP contribution in [0.3, 0.4) is 0 Å². The summed E-state index contributed by atoms with van der Waals surface area (Å²) in [6.07, 6.45) is 3.98. The molecule has 0 radical (unpaired) electrons. The normalized spacial score (nSPS) is 12.5. The first-order valence-corrected chi connectivity index (χ1v) is 7.90. The van der Waals surface area contributed by atoms with Crippen molar-refractivity contribution in [2.75, 3.05) is 13.7 Å². The van der Waals surface area contributed by atoms with Crippen LogP contribution in [0.25, 0.3) is 11.3 Å². The number of aliphatic hydroxyl groups is 1. The first-order chi connectivity index (χ1) is 12.5. The lowest BCUT2D eigenvalue weighted by Gasteiger charge is -2.19. The molecule has 0 bridgehead atoms. The second kappa shape index (κ2) is 8.74. The molecule has 0 fully saturated rings. The molecule has 0 aliphatic rings. The predicted octanol–water partition coefficient (Wildman–Crippen LogP) is 1.18. The molecule has 0 spiro atoms. The lowest BCUT2D eigenvalue weighted by atomic mass is 10.1. The standard InChI is InChI=1S/C19H20N2O5/c1-4-10-20-19(24)17(12(2)22)21-18(23)16-9-8-15(26-16)13-6-5-7-14(11-13)25-3/h1,5-9,11-12,17,22H,10H2,2-3H3,(H,20,24)(H,21,23)/t12-,17+/m1/s1. The van der Waals surface area contributed by atoms with Crippen molar-refractivity contribution in [2.24, 2.45) is 0 Å². The molecule has 0 unspecified atom stereocenters. The zero-order chi connectivity index (χ0) is 19.1. The molecule has 7 heteroatoms. The third-order valence-corrected chi connectivity index (χ3v) is 3.60. The Bertz CT molecular complexity index is 819. The van der Waals surface area contributed by atoms with Gasteiger partial charge in [-0.3, -0.25) is 9.59 Å². The molecule has 2 rings (SSSR count). The number of methoxy groups -OCH3 is 1. The fourth-order valence-electron chi connectivity index (χ4n) is 2.26. The third kappa shape index (κ3) is 4.65. The molecule has 0 saturated heterocycles. The lowest BCUT2D eigenvalue weighted by Crippen LogP contribution is -2.52. The van der Waals surface area contributed by atoms with Gasteiger partial charge in [-0.1, -0.05) is 18.1 Å². The highest BCUT2D eigenvalue weighted by molar-refractivity contribution is 5.96. The molecule has 1 aromatic carbocycles. The molecule has 2 atom stereocenters. The smallest absolute Gasteiger partial charge is 0.287 e. The van der Waals surface area contributed by atoms with Gasteiger partial charge in [0.25, 0.3) is 5.91 Å². The van der Waals surface area contributed by atoms with E-state index in [4.69, 9.17) is 15.6 Å². The van der Waals surface area contributed by atoms with Gasteiger partial charge in [0.1, 0.15) is 17.6 Å². The van der Waals surface area contributed by atoms with E-state index in [-0.39, 0.29) is 12.3 Å². The summed E-state index contributed by atoms with van der Waals surface area (Å²) < 4.78 is 10.7. The average Bonchev–Trinajstić information content (AvgIpc) is 3.14. The predicted molar refractivity (Wildman–Crippen MR) is 95.5 cm³/mol. The van der Waals surface area contributed by atoms with Crippen LogP contribution in [0.4, 0.5) is 0 Å². The Kier molecular flexibility index (Phi) is 6.42. The van der Waals surface area contributed by atoms with Crippen molar-refractivity contribution in [1.82, 2.24) is 10.6 Å². The van der Waals surface area contributed by atoms with Crippen LogP contribution >= 0.6 is 0 Å². The molecular formula is C19H20N2O5. The van der Waals surface area contributed by atoms with Gasteiger partial charge < -0.3 is 24.9 Å². The maximum atomic E-state index is 12.3. The van der Waals surface area contributed by atoms with Crippen molar-refractivity contribution >= 4 is 11.8 Å². The second-order valence-electron chi connectivity index (χ2n) is 5.51. The Labute approximate surface area is 151 Å². The molecule has 7 nitrogen and oxygen atoms in total. The van der Waals surface area contributed by atoms with Crippen LogP contribution in [0.1, 0.15) is 17.5 Å². The minimum atomic E-state index is -1.15. The fraction of sp³-hybridized carbons (Fsp3) is 0.263. The highest BCUT2D eigenvalue weighted by Gasteiger charge is 2.26. The summed E-state index contributed by atoms with van der Waals surface area (Å²) in [6.45, 7) is 1.39. The largest absolute Gasteiger partial charge is 0.497 e. The fourth-order valence-corrected chi connectivity index (χ4v) is 2.26. The lowest BCUT2D eigenvalue weighted by molar-refractivity contribution is -0.125. The molecule has 0 aliphatic heterocycles. The van der Waals surface area contributed by atoms with E-state index < -0.39 is 24.0 Å². The van der Waals surface area contributed by atoms with Gasteiger partial charge in [0, 0.05) is 5.56 Å². The summed E-state index contributed by atoms with van der Waals surface area (Å²) in [5.74, 6) is 2.19. The van der Waals surface area contributed by atoms with Crippen molar-refractivity contribution in [3.63, 3.8) is 0 Å². The van der Waals surface area contributed by atoms with Crippen molar-refractivity contribution in [3.05, 3.63) is 42.2 Å². The Hall–Kier alpha value is -3.24. The molecule has 2 amide bonds. The molecule has 3 N–H and O–H groups in total. The molecule has 26 heavy (non-hydrogen) atoms. The van der Waals surface area contributed by atoms with Crippen molar-refractivity contribution in [2.45, 2.75) is 19.1 Å². The van der Waals surface area contributed by atoms with E-state index in [9.17, 15) is 14.7 Å². The average molecular weight is 356 g/mol. The van der Waals surface area contributed by atoms with Crippen LogP contribution in [0.15, 0.2) is 40.8 Å². The van der Waals surface area contributed by atoms with Gasteiger partial charge in [-0.05, 0) is 31.2 Å². The number of hydrogen-bond acceptors (Lipinski definition) is 5.